The third-order valence-corrected chi connectivity index (χ3v) is 7.74. The van der Waals surface area contributed by atoms with Gasteiger partial charge in [0.15, 0.2) is 0 Å². The van der Waals surface area contributed by atoms with Gasteiger partial charge in [0, 0.05) is 33.0 Å². The number of benzene rings is 3. The molecular weight excluding hydrogens is 526 g/mol. The van der Waals surface area contributed by atoms with Gasteiger partial charge in [0.2, 0.25) is 5.91 Å². The highest BCUT2D eigenvalue weighted by Gasteiger charge is 2.42. The van der Waals surface area contributed by atoms with Crippen LogP contribution in [0.15, 0.2) is 66.7 Å². The lowest BCUT2D eigenvalue weighted by molar-refractivity contribution is -0.119. The minimum Gasteiger partial charge on any atom is -0.384 e. The second kappa shape index (κ2) is 13.7. The summed E-state index contributed by atoms with van der Waals surface area (Å²) in [5.74, 6) is -3.24. The van der Waals surface area contributed by atoms with Gasteiger partial charge in [0.1, 0.15) is 13.2 Å². The van der Waals surface area contributed by atoms with Gasteiger partial charge in [-0.05, 0) is 65.3 Å². The predicted octanol–water partition coefficient (Wildman–Crippen LogP) is 5.10. The molecule has 0 radical (unpaired) electrons. The molecule has 0 aromatic heterocycles. The van der Waals surface area contributed by atoms with Gasteiger partial charge in [-0.25, -0.2) is 8.78 Å². The molecule has 1 fully saturated rings. The monoisotopic (exact) mass is 566 g/mol. The molecule has 41 heavy (non-hydrogen) atoms. The molecule has 8 heteroatoms. The third kappa shape index (κ3) is 7.77. The second-order valence-electron chi connectivity index (χ2n) is 10.9. The van der Waals surface area contributed by atoms with E-state index < -0.39 is 24.7 Å². The van der Waals surface area contributed by atoms with Crippen LogP contribution in [-0.4, -0.2) is 56.9 Å². The van der Waals surface area contributed by atoms with Crippen LogP contribution >= 0.6 is 0 Å². The smallest absolute Gasteiger partial charge is 0.293 e. The fraction of sp³-hybridized carbons (Fsp3) is 0.424. The van der Waals surface area contributed by atoms with Crippen LogP contribution in [0.3, 0.4) is 0 Å². The van der Waals surface area contributed by atoms with Gasteiger partial charge >= 0.3 is 0 Å². The zero-order chi connectivity index (χ0) is 29.5. The van der Waals surface area contributed by atoms with Crippen LogP contribution in [0.1, 0.15) is 47.1 Å². The number of ether oxygens (including phenoxy) is 2. The van der Waals surface area contributed by atoms with Gasteiger partial charge in [-0.3, -0.25) is 4.79 Å². The number of amides is 1. The van der Waals surface area contributed by atoms with Crippen LogP contribution in [-0.2, 0) is 32.9 Å². The Morgan fingerprint density at radius 1 is 1.12 bits per heavy atom. The number of hydrogen-bond donors (Lipinski definition) is 3. The highest BCUT2D eigenvalue weighted by molar-refractivity contribution is 5.73. The zero-order valence-corrected chi connectivity index (χ0v) is 24.0. The zero-order valence-electron chi connectivity index (χ0n) is 24.0. The van der Waals surface area contributed by atoms with Gasteiger partial charge in [0.25, 0.3) is 5.92 Å². The van der Waals surface area contributed by atoms with E-state index in [1.807, 2.05) is 36.4 Å². The number of halogens is 2. The van der Waals surface area contributed by atoms with Crippen molar-refractivity contribution in [2.75, 3.05) is 40.0 Å². The molecule has 2 unspecified atom stereocenters. The van der Waals surface area contributed by atoms with Crippen LogP contribution in [0.4, 0.5) is 8.78 Å². The van der Waals surface area contributed by atoms with Gasteiger partial charge in [0.05, 0.1) is 12.2 Å². The maximum atomic E-state index is 13.6. The van der Waals surface area contributed by atoms with Gasteiger partial charge < -0.3 is 25.2 Å². The summed E-state index contributed by atoms with van der Waals surface area (Å²) < 4.78 is 37.0. The third-order valence-electron chi connectivity index (χ3n) is 7.74. The molecule has 0 bridgehead atoms. The van der Waals surface area contributed by atoms with E-state index in [2.05, 4.69) is 52.6 Å². The number of methoxy groups -OCH3 is 1. The van der Waals surface area contributed by atoms with Crippen molar-refractivity contribution in [3.8, 4) is 11.1 Å². The van der Waals surface area contributed by atoms with E-state index in [-0.39, 0.29) is 18.4 Å². The van der Waals surface area contributed by atoms with Crippen molar-refractivity contribution in [2.45, 2.75) is 50.7 Å². The lowest BCUT2D eigenvalue weighted by Crippen LogP contribution is -2.46. The average Bonchev–Trinajstić information content (AvgIpc) is 2.94. The maximum absolute atomic E-state index is 13.6. The summed E-state index contributed by atoms with van der Waals surface area (Å²) in [6, 6.07) is 22.0. The van der Waals surface area contributed by atoms with Gasteiger partial charge in [-0.15, -0.1) is 0 Å². The van der Waals surface area contributed by atoms with Crippen LogP contribution < -0.4 is 10.6 Å². The van der Waals surface area contributed by atoms with E-state index in [4.69, 9.17) is 4.74 Å². The van der Waals surface area contributed by atoms with Crippen molar-refractivity contribution in [1.29, 1.82) is 0 Å². The van der Waals surface area contributed by atoms with Gasteiger partial charge in [-0.1, -0.05) is 66.7 Å². The molecule has 1 heterocycles. The number of nitrogens with one attached hydrogen (secondary N) is 2. The number of aliphatic hydroxyl groups is 1. The summed E-state index contributed by atoms with van der Waals surface area (Å²) in [5.41, 5.74) is 6.02. The minimum atomic E-state index is -3.03. The number of piperidine rings is 1. The van der Waals surface area contributed by atoms with Crippen molar-refractivity contribution in [1.82, 2.24) is 10.6 Å². The molecule has 0 aliphatic carbocycles. The average molecular weight is 567 g/mol. The van der Waals surface area contributed by atoms with Crippen molar-refractivity contribution in [2.24, 2.45) is 0 Å². The largest absolute Gasteiger partial charge is 0.384 e. The summed E-state index contributed by atoms with van der Waals surface area (Å²) in [5, 5.41) is 18.4. The first-order valence-electron chi connectivity index (χ1n) is 14.0. The summed E-state index contributed by atoms with van der Waals surface area (Å²) in [4.78, 5) is 11.3. The normalized spacial score (nSPS) is 19.2. The summed E-state index contributed by atoms with van der Waals surface area (Å²) in [6.45, 7) is 4.15. The number of hydrogen-bond acceptors (Lipinski definition) is 5. The van der Waals surface area contributed by atoms with E-state index in [0.717, 1.165) is 45.4 Å². The molecule has 1 aliphatic rings. The number of carbonyl (C=O) groups excluding carboxylic acids is 1. The molecule has 3 N–H and O–H groups in total. The summed E-state index contributed by atoms with van der Waals surface area (Å²) in [6.07, 6.45) is 1.28. The molecule has 4 rings (SSSR count). The number of aryl methyl sites for hydroxylation is 1. The fourth-order valence-corrected chi connectivity index (χ4v) is 5.67. The van der Waals surface area contributed by atoms with Gasteiger partial charge in [-0.2, -0.15) is 0 Å². The molecule has 220 valence electrons. The first-order chi connectivity index (χ1) is 19.6. The SMILES string of the molecule is COCC(F)(F)COCc1ccc(C2(O)CCNCC2c2ccc(-c3ccccc3CCNC(C)=O)cc2C)cc1. The van der Waals surface area contributed by atoms with Crippen LogP contribution in [0.2, 0.25) is 0 Å². The van der Waals surface area contributed by atoms with Crippen LogP contribution in [0.5, 0.6) is 0 Å². The molecule has 3 aromatic rings. The van der Waals surface area contributed by atoms with E-state index in [0.29, 0.717) is 26.1 Å². The Bertz CT molecular complexity index is 1310. The Morgan fingerprint density at radius 2 is 1.88 bits per heavy atom. The number of alkyl halides is 2. The highest BCUT2D eigenvalue weighted by Crippen LogP contribution is 2.43. The minimum absolute atomic E-state index is 0.0400. The standard InChI is InChI=1S/C33H40F2N2O4/c1-23-18-27(30-7-5-4-6-26(30)14-16-37-24(2)38)10-13-29(23)31-19-36-17-15-33(31,39)28-11-8-25(9-12-28)20-41-22-32(34,35)21-40-3/h4-13,18,31,36,39H,14-17,19-22H2,1-3H3,(H,37,38). The van der Waals surface area contributed by atoms with E-state index in [9.17, 15) is 18.7 Å². The lowest BCUT2D eigenvalue weighted by Gasteiger charge is -2.42. The second-order valence-corrected chi connectivity index (χ2v) is 10.9. The maximum Gasteiger partial charge on any atom is 0.293 e. The van der Waals surface area contributed by atoms with Crippen molar-refractivity contribution in [3.63, 3.8) is 0 Å². The Hall–Kier alpha value is -3.17. The van der Waals surface area contributed by atoms with Crippen molar-refractivity contribution in [3.05, 3.63) is 94.5 Å². The molecular formula is C33H40F2N2O4. The topological polar surface area (TPSA) is 79.8 Å². The molecule has 1 aliphatic heterocycles. The molecule has 6 nitrogen and oxygen atoms in total. The van der Waals surface area contributed by atoms with Crippen LogP contribution in [0, 0.1) is 6.92 Å². The first-order valence-corrected chi connectivity index (χ1v) is 14.0. The van der Waals surface area contributed by atoms with E-state index in [1.54, 1.807) is 0 Å². The molecule has 1 amide bonds. The summed E-state index contributed by atoms with van der Waals surface area (Å²) >= 11 is 0. The predicted molar refractivity (Wildman–Crippen MR) is 156 cm³/mol. The number of carbonyl (C=O) groups is 1. The first kappa shape index (κ1) is 30.8. The molecule has 0 spiro atoms. The highest BCUT2D eigenvalue weighted by atomic mass is 19.3. The Labute approximate surface area is 241 Å². The van der Waals surface area contributed by atoms with E-state index >= 15 is 0 Å². The Kier molecular flexibility index (Phi) is 10.3. The Balaban J connectivity index is 1.52. The molecule has 1 saturated heterocycles. The molecule has 2 atom stereocenters. The Morgan fingerprint density at radius 3 is 2.59 bits per heavy atom. The van der Waals surface area contributed by atoms with E-state index in [1.165, 1.54) is 14.0 Å². The van der Waals surface area contributed by atoms with Crippen LogP contribution in [0.25, 0.3) is 11.1 Å². The lowest BCUT2D eigenvalue weighted by atomic mass is 9.72. The molecule has 3 aromatic carbocycles. The molecule has 0 saturated carbocycles. The quantitative estimate of drug-likeness (QED) is 0.284. The van der Waals surface area contributed by atoms with Crippen molar-refractivity contribution >= 4 is 5.91 Å². The fourth-order valence-electron chi connectivity index (χ4n) is 5.67. The number of rotatable bonds is 12. The summed E-state index contributed by atoms with van der Waals surface area (Å²) in [7, 11) is 1.23. The van der Waals surface area contributed by atoms with Crippen molar-refractivity contribution < 1.29 is 28.2 Å².